The third-order valence-corrected chi connectivity index (χ3v) is 2.86. The van der Waals surface area contributed by atoms with Crippen molar-refractivity contribution in [2.45, 2.75) is 25.3 Å². The van der Waals surface area contributed by atoms with E-state index in [1.807, 2.05) is 0 Å². The van der Waals surface area contributed by atoms with Crippen molar-refractivity contribution < 1.29 is 13.5 Å². The van der Waals surface area contributed by atoms with Gasteiger partial charge in [-0.2, -0.15) is 0 Å². The molecule has 0 radical (unpaired) electrons. The zero-order valence-electron chi connectivity index (χ0n) is 9.44. The molecule has 2 nitrogen and oxygen atoms in total. The monoisotopic (exact) mass is 283 g/mol. The Kier molecular flexibility index (Phi) is 4.58. The first kappa shape index (κ1) is 14.5. The molecule has 6 heteroatoms. The molecule has 1 unspecified atom stereocenters. The van der Waals surface area contributed by atoms with Gasteiger partial charge in [0.15, 0.2) is 0 Å². The first-order chi connectivity index (χ1) is 7.77. The van der Waals surface area contributed by atoms with Gasteiger partial charge >= 0.3 is 0 Å². The highest BCUT2D eigenvalue weighted by Crippen LogP contribution is 2.34. The molecule has 1 rings (SSSR count). The van der Waals surface area contributed by atoms with E-state index < -0.39 is 12.0 Å². The van der Waals surface area contributed by atoms with Crippen molar-refractivity contribution >= 4 is 23.2 Å². The number of benzene rings is 1. The van der Waals surface area contributed by atoms with Gasteiger partial charge in [-0.25, -0.2) is 8.78 Å². The molecule has 0 aromatic heterocycles. The van der Waals surface area contributed by atoms with Gasteiger partial charge < -0.3 is 10.5 Å². The maximum Gasteiger partial charge on any atom is 0.256 e. The molecule has 1 aromatic carbocycles. The number of ether oxygens (including phenoxy) is 1. The van der Waals surface area contributed by atoms with Crippen LogP contribution in [-0.2, 0) is 6.42 Å². The van der Waals surface area contributed by atoms with Gasteiger partial charge in [-0.3, -0.25) is 0 Å². The highest BCUT2D eigenvalue weighted by Gasteiger charge is 2.32. The first-order valence-corrected chi connectivity index (χ1v) is 5.62. The molecule has 0 saturated carbocycles. The summed E-state index contributed by atoms with van der Waals surface area (Å²) in [6.07, 6.45) is -2.72. The Labute approximate surface area is 109 Å². The lowest BCUT2D eigenvalue weighted by molar-refractivity contribution is 0.0636. The Balaban J connectivity index is 3.13. The van der Waals surface area contributed by atoms with Gasteiger partial charge in [-0.1, -0.05) is 23.2 Å². The van der Waals surface area contributed by atoms with Crippen molar-refractivity contribution in [1.82, 2.24) is 0 Å². The first-order valence-electron chi connectivity index (χ1n) is 4.87. The number of alkyl halides is 2. The minimum atomic E-state index is -2.65. The van der Waals surface area contributed by atoms with Crippen molar-refractivity contribution in [3.63, 3.8) is 0 Å². The summed E-state index contributed by atoms with van der Waals surface area (Å²) in [5.74, 6) is 0.327. The molecule has 96 valence electrons. The highest BCUT2D eigenvalue weighted by atomic mass is 35.5. The van der Waals surface area contributed by atoms with E-state index in [9.17, 15) is 8.78 Å². The van der Waals surface area contributed by atoms with Gasteiger partial charge in [0, 0.05) is 5.02 Å². The molecule has 0 aliphatic carbocycles. The quantitative estimate of drug-likeness (QED) is 0.918. The molecular formula is C11H13Cl2F2NO. The van der Waals surface area contributed by atoms with Gasteiger partial charge in [-0.05, 0) is 31.0 Å². The third-order valence-electron chi connectivity index (χ3n) is 2.36. The normalized spacial score (nSPS) is 14.8. The summed E-state index contributed by atoms with van der Waals surface area (Å²) in [6, 6.07) is 3.02. The van der Waals surface area contributed by atoms with E-state index in [1.165, 1.54) is 26.2 Å². The smallest absolute Gasteiger partial charge is 0.256 e. The Morgan fingerprint density at radius 3 is 2.47 bits per heavy atom. The maximum absolute atomic E-state index is 12.7. The Bertz CT molecular complexity index is 411. The van der Waals surface area contributed by atoms with Crippen LogP contribution in [0.25, 0.3) is 0 Å². The molecular weight excluding hydrogens is 271 g/mol. The number of methoxy groups -OCH3 is 1. The van der Waals surface area contributed by atoms with Crippen LogP contribution in [0.4, 0.5) is 8.78 Å². The van der Waals surface area contributed by atoms with Crippen molar-refractivity contribution in [3.05, 3.63) is 27.7 Å². The molecule has 1 aromatic rings. The standard InChI is InChI=1S/C11H13Cl2F2NO/c1-11(16,10(14)15)5-6-3-7(12)4-8(13)9(6)17-2/h3-4,10H,5,16H2,1-2H3. The van der Waals surface area contributed by atoms with E-state index >= 15 is 0 Å². The third kappa shape index (κ3) is 3.44. The minimum Gasteiger partial charge on any atom is -0.495 e. The van der Waals surface area contributed by atoms with Crippen molar-refractivity contribution in [1.29, 1.82) is 0 Å². The molecule has 1 atom stereocenters. The second-order valence-electron chi connectivity index (χ2n) is 4.06. The number of nitrogens with two attached hydrogens (primary N) is 1. The summed E-state index contributed by atoms with van der Waals surface area (Å²) in [4.78, 5) is 0. The van der Waals surface area contributed by atoms with E-state index in [4.69, 9.17) is 33.7 Å². The van der Waals surface area contributed by atoms with E-state index in [2.05, 4.69) is 0 Å². The zero-order valence-corrected chi connectivity index (χ0v) is 10.9. The topological polar surface area (TPSA) is 35.2 Å². The fourth-order valence-electron chi connectivity index (χ4n) is 1.46. The Morgan fingerprint density at radius 2 is 2.00 bits per heavy atom. The molecule has 0 spiro atoms. The average molecular weight is 284 g/mol. The van der Waals surface area contributed by atoms with Gasteiger partial charge in [0.2, 0.25) is 0 Å². The van der Waals surface area contributed by atoms with Crippen LogP contribution < -0.4 is 10.5 Å². The fraction of sp³-hybridized carbons (Fsp3) is 0.455. The molecule has 0 heterocycles. The zero-order chi connectivity index (χ0) is 13.2. The van der Waals surface area contributed by atoms with E-state index in [0.29, 0.717) is 16.3 Å². The molecule has 0 aliphatic heterocycles. The Hall–Kier alpha value is -0.580. The van der Waals surface area contributed by atoms with Crippen LogP contribution in [0.15, 0.2) is 12.1 Å². The maximum atomic E-state index is 12.7. The highest BCUT2D eigenvalue weighted by molar-refractivity contribution is 6.35. The number of hydrogen-bond acceptors (Lipinski definition) is 2. The summed E-state index contributed by atoms with van der Waals surface area (Å²) >= 11 is 11.7. The van der Waals surface area contributed by atoms with Crippen molar-refractivity contribution in [2.75, 3.05) is 7.11 Å². The molecule has 0 fully saturated rings. The van der Waals surface area contributed by atoms with Crippen molar-refractivity contribution in [2.24, 2.45) is 5.73 Å². The van der Waals surface area contributed by atoms with Crippen LogP contribution in [0.2, 0.25) is 10.0 Å². The minimum absolute atomic E-state index is 0.0753. The summed E-state index contributed by atoms with van der Waals surface area (Å²) in [7, 11) is 1.41. The van der Waals surface area contributed by atoms with Gasteiger partial charge in [0.05, 0.1) is 17.7 Å². The largest absolute Gasteiger partial charge is 0.495 e. The lowest BCUT2D eigenvalue weighted by Gasteiger charge is -2.24. The summed E-state index contributed by atoms with van der Waals surface area (Å²) in [5, 5.41) is 0.635. The fourth-order valence-corrected chi connectivity index (χ4v) is 2.07. The number of halogens is 4. The van der Waals surface area contributed by atoms with Gasteiger partial charge in [0.25, 0.3) is 6.43 Å². The molecule has 17 heavy (non-hydrogen) atoms. The van der Waals surface area contributed by atoms with Crippen LogP contribution in [0.3, 0.4) is 0 Å². The molecule has 0 saturated heterocycles. The lowest BCUT2D eigenvalue weighted by atomic mass is 9.94. The predicted molar refractivity (Wildman–Crippen MR) is 65.3 cm³/mol. The summed E-state index contributed by atoms with van der Waals surface area (Å²) < 4.78 is 30.5. The molecule has 0 aliphatic rings. The van der Waals surface area contributed by atoms with Crippen LogP contribution >= 0.6 is 23.2 Å². The van der Waals surface area contributed by atoms with Gasteiger partial charge in [-0.15, -0.1) is 0 Å². The van der Waals surface area contributed by atoms with Crippen LogP contribution in [0.5, 0.6) is 5.75 Å². The summed E-state index contributed by atoms with van der Waals surface area (Å²) in [6.45, 7) is 1.27. The average Bonchev–Trinajstić information content (AvgIpc) is 2.15. The number of hydrogen-bond donors (Lipinski definition) is 1. The van der Waals surface area contributed by atoms with E-state index in [0.717, 1.165) is 0 Å². The SMILES string of the molecule is COc1c(Cl)cc(Cl)cc1CC(C)(N)C(F)F. The van der Waals surface area contributed by atoms with Crippen molar-refractivity contribution in [3.8, 4) is 5.75 Å². The van der Waals surface area contributed by atoms with Crippen LogP contribution in [0, 0.1) is 0 Å². The molecule has 0 bridgehead atoms. The second kappa shape index (κ2) is 5.38. The van der Waals surface area contributed by atoms with E-state index in [1.54, 1.807) is 0 Å². The molecule has 2 N–H and O–H groups in total. The number of rotatable bonds is 4. The second-order valence-corrected chi connectivity index (χ2v) is 4.91. The predicted octanol–water partition coefficient (Wildman–Crippen LogP) is 3.53. The van der Waals surface area contributed by atoms with Gasteiger partial charge in [0.1, 0.15) is 5.75 Å². The lowest BCUT2D eigenvalue weighted by Crippen LogP contribution is -2.45. The Morgan fingerprint density at radius 1 is 1.41 bits per heavy atom. The molecule has 0 amide bonds. The van der Waals surface area contributed by atoms with Crippen LogP contribution in [0.1, 0.15) is 12.5 Å². The summed E-state index contributed by atoms with van der Waals surface area (Å²) in [5.41, 5.74) is 4.34. The van der Waals surface area contributed by atoms with Crippen LogP contribution in [-0.4, -0.2) is 19.1 Å². The van der Waals surface area contributed by atoms with E-state index in [-0.39, 0.29) is 11.4 Å².